The Balaban J connectivity index is 2.45. The molecule has 0 spiro atoms. The van der Waals surface area contributed by atoms with Crippen LogP contribution in [-0.4, -0.2) is 27.7 Å². The van der Waals surface area contributed by atoms with Gasteiger partial charge in [0, 0.05) is 25.2 Å². The number of aromatic nitrogens is 1. The molecule has 1 atom stereocenters. The van der Waals surface area contributed by atoms with E-state index in [9.17, 15) is 14.9 Å². The van der Waals surface area contributed by atoms with Gasteiger partial charge in [-0.15, -0.1) is 11.6 Å². The molecule has 90 valence electrons. The topological polar surface area (TPSA) is 76.3 Å². The standard InChI is InChI=1S/C10H10ClN3O3/c1-6-2-8(14(16)17)10(12-4-6)13-5-7(11)3-9(13)15/h2,4,7H,3,5H2,1H3. The molecule has 0 aromatic carbocycles. The van der Waals surface area contributed by atoms with Gasteiger partial charge in [0.25, 0.3) is 0 Å². The number of carbonyl (C=O) groups excluding carboxylic acids is 1. The second-order valence-corrected chi connectivity index (χ2v) is 4.54. The van der Waals surface area contributed by atoms with Crippen molar-refractivity contribution in [3.05, 3.63) is 27.9 Å². The second kappa shape index (κ2) is 4.29. The predicted molar refractivity (Wildman–Crippen MR) is 62.2 cm³/mol. The Morgan fingerprint density at radius 3 is 2.88 bits per heavy atom. The van der Waals surface area contributed by atoms with Crippen molar-refractivity contribution in [3.8, 4) is 0 Å². The lowest BCUT2D eigenvalue weighted by Gasteiger charge is -2.14. The summed E-state index contributed by atoms with van der Waals surface area (Å²) in [5.74, 6) is -0.154. The number of anilines is 1. The number of nitro groups is 1. The molecule has 6 nitrogen and oxygen atoms in total. The molecular formula is C10H10ClN3O3. The minimum Gasteiger partial charge on any atom is -0.289 e. The Hall–Kier alpha value is -1.69. The van der Waals surface area contributed by atoms with Gasteiger partial charge in [-0.1, -0.05) is 0 Å². The maximum atomic E-state index is 11.6. The quantitative estimate of drug-likeness (QED) is 0.457. The molecule has 1 amide bonds. The van der Waals surface area contributed by atoms with Crippen LogP contribution in [0.1, 0.15) is 12.0 Å². The summed E-state index contributed by atoms with van der Waals surface area (Å²) in [5, 5.41) is 10.6. The maximum Gasteiger partial charge on any atom is 0.312 e. The molecule has 0 radical (unpaired) electrons. The first-order valence-corrected chi connectivity index (χ1v) is 5.48. The maximum absolute atomic E-state index is 11.6. The van der Waals surface area contributed by atoms with Crippen LogP contribution in [0.5, 0.6) is 0 Å². The number of carbonyl (C=O) groups is 1. The van der Waals surface area contributed by atoms with E-state index in [1.807, 2.05) is 0 Å². The van der Waals surface area contributed by atoms with E-state index in [1.165, 1.54) is 17.2 Å². The normalized spacial score (nSPS) is 19.8. The highest BCUT2D eigenvalue weighted by atomic mass is 35.5. The van der Waals surface area contributed by atoms with Crippen LogP contribution in [0.4, 0.5) is 11.5 Å². The van der Waals surface area contributed by atoms with Crippen molar-refractivity contribution in [1.82, 2.24) is 4.98 Å². The zero-order valence-corrected chi connectivity index (χ0v) is 9.85. The number of alkyl halides is 1. The van der Waals surface area contributed by atoms with Gasteiger partial charge in [0.05, 0.1) is 10.3 Å². The molecule has 1 saturated heterocycles. The molecule has 0 N–H and O–H groups in total. The summed E-state index contributed by atoms with van der Waals surface area (Å²) >= 11 is 5.85. The molecule has 1 aliphatic rings. The highest BCUT2D eigenvalue weighted by molar-refractivity contribution is 6.24. The fourth-order valence-corrected chi connectivity index (χ4v) is 2.03. The Morgan fingerprint density at radius 2 is 2.35 bits per heavy atom. The van der Waals surface area contributed by atoms with E-state index in [-0.39, 0.29) is 35.8 Å². The number of pyridine rings is 1. The minimum atomic E-state index is -0.538. The van der Waals surface area contributed by atoms with E-state index in [0.29, 0.717) is 5.56 Å². The Kier molecular flexibility index (Phi) is 2.97. The molecule has 2 rings (SSSR count). The fourth-order valence-electron chi connectivity index (χ4n) is 1.76. The molecule has 1 aromatic heterocycles. The Labute approximate surface area is 102 Å². The van der Waals surface area contributed by atoms with Crippen molar-refractivity contribution >= 4 is 29.0 Å². The van der Waals surface area contributed by atoms with Crippen LogP contribution in [0.3, 0.4) is 0 Å². The van der Waals surface area contributed by atoms with Crippen LogP contribution in [0.25, 0.3) is 0 Å². The molecule has 1 aromatic rings. The summed E-state index contributed by atoms with van der Waals surface area (Å²) < 4.78 is 0. The third kappa shape index (κ3) is 2.21. The van der Waals surface area contributed by atoms with Crippen molar-refractivity contribution in [1.29, 1.82) is 0 Å². The lowest BCUT2D eigenvalue weighted by molar-refractivity contribution is -0.384. The second-order valence-electron chi connectivity index (χ2n) is 3.92. The number of nitrogens with zero attached hydrogens (tertiary/aromatic N) is 3. The first kappa shape index (κ1) is 11.8. The monoisotopic (exact) mass is 255 g/mol. The molecule has 17 heavy (non-hydrogen) atoms. The van der Waals surface area contributed by atoms with Gasteiger partial charge < -0.3 is 0 Å². The zero-order chi connectivity index (χ0) is 12.6. The molecule has 0 aliphatic carbocycles. The lowest BCUT2D eigenvalue weighted by Crippen LogP contribution is -2.26. The zero-order valence-electron chi connectivity index (χ0n) is 9.09. The van der Waals surface area contributed by atoms with Crippen molar-refractivity contribution < 1.29 is 9.72 Å². The van der Waals surface area contributed by atoms with Crippen LogP contribution < -0.4 is 4.90 Å². The van der Waals surface area contributed by atoms with Gasteiger partial charge in [-0.05, 0) is 12.5 Å². The smallest absolute Gasteiger partial charge is 0.289 e. The van der Waals surface area contributed by atoms with E-state index in [0.717, 1.165) is 0 Å². The van der Waals surface area contributed by atoms with E-state index < -0.39 is 4.92 Å². The molecular weight excluding hydrogens is 246 g/mol. The average molecular weight is 256 g/mol. The van der Waals surface area contributed by atoms with Gasteiger partial charge in [-0.25, -0.2) is 4.98 Å². The van der Waals surface area contributed by atoms with Crippen molar-refractivity contribution in [2.75, 3.05) is 11.4 Å². The summed E-state index contributed by atoms with van der Waals surface area (Å²) in [6.07, 6.45) is 1.69. The van der Waals surface area contributed by atoms with Gasteiger partial charge >= 0.3 is 5.69 Å². The predicted octanol–water partition coefficient (Wildman–Crippen LogP) is 1.64. The van der Waals surface area contributed by atoms with Crippen LogP contribution in [0, 0.1) is 17.0 Å². The van der Waals surface area contributed by atoms with Crippen molar-refractivity contribution in [2.24, 2.45) is 0 Å². The van der Waals surface area contributed by atoms with Gasteiger partial charge in [0.15, 0.2) is 0 Å². The van der Waals surface area contributed by atoms with Crippen LogP contribution in [0.2, 0.25) is 0 Å². The molecule has 1 aliphatic heterocycles. The third-order valence-electron chi connectivity index (χ3n) is 2.51. The van der Waals surface area contributed by atoms with Crippen LogP contribution in [-0.2, 0) is 4.79 Å². The first-order chi connectivity index (χ1) is 7.99. The largest absolute Gasteiger partial charge is 0.312 e. The summed E-state index contributed by atoms with van der Waals surface area (Å²) in [6, 6.07) is 1.40. The minimum absolute atomic E-state index is 0.0775. The molecule has 1 unspecified atom stereocenters. The van der Waals surface area contributed by atoms with E-state index in [4.69, 9.17) is 11.6 Å². The first-order valence-electron chi connectivity index (χ1n) is 5.04. The summed E-state index contributed by atoms with van der Waals surface area (Å²) in [5.41, 5.74) is 0.513. The van der Waals surface area contributed by atoms with Crippen LogP contribution in [0.15, 0.2) is 12.3 Å². The SMILES string of the molecule is Cc1cnc(N2CC(Cl)CC2=O)c([N+](=O)[O-])c1. The number of hydrogen-bond acceptors (Lipinski definition) is 4. The fraction of sp³-hybridized carbons (Fsp3) is 0.400. The molecule has 2 heterocycles. The third-order valence-corrected chi connectivity index (χ3v) is 2.81. The van der Waals surface area contributed by atoms with E-state index in [1.54, 1.807) is 6.92 Å². The number of aryl methyl sites for hydroxylation is 1. The summed E-state index contributed by atoms with van der Waals surface area (Å²) in [4.78, 5) is 27.2. The van der Waals surface area contributed by atoms with Gasteiger partial charge in [-0.3, -0.25) is 19.8 Å². The van der Waals surface area contributed by atoms with Gasteiger partial charge in [-0.2, -0.15) is 0 Å². The average Bonchev–Trinajstić information content (AvgIpc) is 2.57. The molecule has 0 bridgehead atoms. The number of amides is 1. The highest BCUT2D eigenvalue weighted by Gasteiger charge is 2.34. The van der Waals surface area contributed by atoms with Gasteiger partial charge in [0.2, 0.25) is 11.7 Å². The van der Waals surface area contributed by atoms with Crippen molar-refractivity contribution in [3.63, 3.8) is 0 Å². The number of halogens is 1. The molecule has 1 fully saturated rings. The number of hydrogen-bond donors (Lipinski definition) is 0. The van der Waals surface area contributed by atoms with Crippen molar-refractivity contribution in [2.45, 2.75) is 18.7 Å². The number of rotatable bonds is 2. The van der Waals surface area contributed by atoms with Gasteiger partial charge in [0.1, 0.15) is 0 Å². The van der Waals surface area contributed by atoms with E-state index >= 15 is 0 Å². The Morgan fingerprint density at radius 1 is 1.65 bits per heavy atom. The van der Waals surface area contributed by atoms with Crippen LogP contribution >= 0.6 is 11.6 Å². The molecule has 7 heteroatoms. The summed E-state index contributed by atoms with van der Waals surface area (Å²) in [7, 11) is 0. The van der Waals surface area contributed by atoms with E-state index in [2.05, 4.69) is 4.98 Å². The highest BCUT2D eigenvalue weighted by Crippen LogP contribution is 2.30. The molecule has 0 saturated carbocycles. The summed E-state index contributed by atoms with van der Waals surface area (Å²) in [6.45, 7) is 1.97. The Bertz CT molecular complexity index is 492. The lowest BCUT2D eigenvalue weighted by atomic mass is 10.2.